The molecule has 15 nitrogen and oxygen atoms in total. The number of ether oxygens (including phenoxy) is 1. The third-order valence-electron chi connectivity index (χ3n) is 3.18. The number of aliphatic hydroxyl groups is 1. The fourth-order valence-electron chi connectivity index (χ4n) is 2.16. The van der Waals surface area contributed by atoms with Crippen LogP contribution in [-0.4, -0.2) is 53.0 Å². The van der Waals surface area contributed by atoms with Crippen molar-refractivity contribution in [2.45, 2.75) is 24.9 Å². The van der Waals surface area contributed by atoms with Crippen LogP contribution in [0, 0.1) is 4.77 Å². The summed E-state index contributed by atoms with van der Waals surface area (Å²) in [7, 11) is -16.5. The molecular weight excluding hydrogens is 469 g/mol. The van der Waals surface area contributed by atoms with Gasteiger partial charge in [-0.15, -0.1) is 0 Å². The molecule has 6 N–H and O–H groups in total. The molecule has 0 aromatic carbocycles. The lowest BCUT2D eigenvalue weighted by atomic mass is 10.2. The largest absolute Gasteiger partial charge is 0.490 e. The van der Waals surface area contributed by atoms with Gasteiger partial charge in [0, 0.05) is 18.7 Å². The molecule has 0 saturated carbocycles. The van der Waals surface area contributed by atoms with Gasteiger partial charge in [-0.2, -0.15) is 8.62 Å². The van der Waals surface area contributed by atoms with Gasteiger partial charge in [-0.3, -0.25) is 18.9 Å². The van der Waals surface area contributed by atoms with E-state index in [4.69, 9.17) is 31.6 Å². The lowest BCUT2D eigenvalue weighted by Crippen LogP contribution is -2.26. The van der Waals surface area contributed by atoms with Crippen LogP contribution in [0.25, 0.3) is 0 Å². The Balaban J connectivity index is 1.99. The lowest BCUT2D eigenvalue weighted by molar-refractivity contribution is -0.0444. The molecule has 1 aliphatic heterocycles. The number of nitrogens with one attached hydrogen (secondary N) is 1. The van der Waals surface area contributed by atoms with Gasteiger partial charge >= 0.3 is 23.5 Å². The number of nitrogens with zero attached hydrogens (tertiary/aromatic N) is 1. The Kier molecular flexibility index (Phi) is 7.33. The van der Waals surface area contributed by atoms with Crippen LogP contribution in [0.15, 0.2) is 17.1 Å². The topological polar surface area (TPSA) is 227 Å². The number of hydrogen-bond acceptors (Lipinski definition) is 10. The van der Waals surface area contributed by atoms with Crippen LogP contribution in [0.2, 0.25) is 0 Å². The van der Waals surface area contributed by atoms with Gasteiger partial charge in [-0.25, -0.2) is 13.7 Å². The smallest absolute Gasteiger partial charge is 0.390 e. The van der Waals surface area contributed by atoms with E-state index < -0.39 is 54.1 Å². The number of aromatic amines is 1. The monoisotopic (exact) mass is 484 g/mol. The van der Waals surface area contributed by atoms with Crippen LogP contribution in [0.4, 0.5) is 0 Å². The van der Waals surface area contributed by atoms with Crippen LogP contribution in [0.3, 0.4) is 0 Å². The molecule has 0 aliphatic carbocycles. The summed E-state index contributed by atoms with van der Waals surface area (Å²) in [4.78, 5) is 48.9. The summed E-state index contributed by atoms with van der Waals surface area (Å²) in [5, 5.41) is 9.98. The molecule has 2 unspecified atom stereocenters. The average Bonchev–Trinajstić information content (AvgIpc) is 2.82. The van der Waals surface area contributed by atoms with Crippen molar-refractivity contribution < 1.29 is 56.3 Å². The first kappa shape index (κ1) is 23.7. The summed E-state index contributed by atoms with van der Waals surface area (Å²) < 4.78 is 51.7. The highest BCUT2D eigenvalue weighted by molar-refractivity contribution is 7.71. The molecule has 0 spiro atoms. The first-order valence-corrected chi connectivity index (χ1v) is 12.0. The van der Waals surface area contributed by atoms with Gasteiger partial charge < -0.3 is 29.4 Å². The van der Waals surface area contributed by atoms with E-state index in [9.17, 15) is 28.5 Å². The Bertz CT molecular complexity index is 970. The van der Waals surface area contributed by atoms with Crippen molar-refractivity contribution in [3.05, 3.63) is 27.4 Å². The second-order valence-electron chi connectivity index (χ2n) is 5.34. The number of aliphatic hydroxyl groups excluding tert-OH is 1. The minimum Gasteiger partial charge on any atom is -0.390 e. The molecular formula is C9H15N2O13P3S. The quantitative estimate of drug-likeness (QED) is 0.209. The Labute approximate surface area is 160 Å². The summed E-state index contributed by atoms with van der Waals surface area (Å²) in [5.41, 5.74) is -0.455. The van der Waals surface area contributed by atoms with Gasteiger partial charge in [0.2, 0.25) is 0 Å². The average molecular weight is 484 g/mol. The molecule has 0 radical (unpaired) electrons. The molecule has 160 valence electrons. The van der Waals surface area contributed by atoms with Gasteiger partial charge in [-0.1, -0.05) is 0 Å². The van der Waals surface area contributed by atoms with Crippen molar-refractivity contribution in [3.63, 3.8) is 0 Å². The number of aromatic nitrogens is 2. The maximum atomic E-state index is 11.7. The summed E-state index contributed by atoms with van der Waals surface area (Å²) in [6, 6.07) is 1.16. The molecule has 2 rings (SSSR count). The number of phosphoric ester groups is 1. The summed E-state index contributed by atoms with van der Waals surface area (Å²) >= 11 is 4.95. The van der Waals surface area contributed by atoms with E-state index in [1.807, 2.05) is 0 Å². The first-order valence-electron chi connectivity index (χ1n) is 7.11. The van der Waals surface area contributed by atoms with Crippen LogP contribution < -0.4 is 5.56 Å². The Morgan fingerprint density at radius 2 is 1.86 bits per heavy atom. The first-order chi connectivity index (χ1) is 12.7. The molecule has 1 saturated heterocycles. The Morgan fingerprint density at radius 1 is 1.21 bits per heavy atom. The van der Waals surface area contributed by atoms with Gasteiger partial charge in [-0.05, 0) is 12.2 Å². The summed E-state index contributed by atoms with van der Waals surface area (Å²) in [5.74, 6) is 0. The van der Waals surface area contributed by atoms with Crippen LogP contribution in [-0.2, 0) is 31.6 Å². The fraction of sp³-hybridized carbons (Fsp3) is 0.556. The molecule has 0 amide bonds. The third-order valence-corrected chi connectivity index (χ3v) is 7.30. The Morgan fingerprint density at radius 3 is 2.43 bits per heavy atom. The maximum absolute atomic E-state index is 11.7. The van der Waals surface area contributed by atoms with Gasteiger partial charge in [0.25, 0.3) is 5.56 Å². The molecule has 19 heteroatoms. The van der Waals surface area contributed by atoms with Crippen molar-refractivity contribution in [2.75, 3.05) is 6.61 Å². The predicted molar refractivity (Wildman–Crippen MR) is 90.2 cm³/mol. The van der Waals surface area contributed by atoms with Crippen molar-refractivity contribution in [1.29, 1.82) is 0 Å². The van der Waals surface area contributed by atoms with E-state index in [2.05, 4.69) is 18.1 Å². The lowest BCUT2D eigenvalue weighted by Gasteiger charge is -2.19. The highest BCUT2D eigenvalue weighted by Crippen LogP contribution is 2.66. The minimum absolute atomic E-state index is 0.00163. The fourth-order valence-corrected chi connectivity index (χ4v) is 5.47. The number of hydrogen-bond donors (Lipinski definition) is 6. The van der Waals surface area contributed by atoms with E-state index in [1.54, 1.807) is 0 Å². The predicted octanol–water partition coefficient (Wildman–Crippen LogP) is -0.102. The molecule has 1 aromatic rings. The molecule has 1 fully saturated rings. The second kappa shape index (κ2) is 8.66. The zero-order chi connectivity index (χ0) is 21.3. The number of H-pyrrole nitrogens is 1. The van der Waals surface area contributed by atoms with E-state index >= 15 is 0 Å². The standard InChI is InChI=1S/C9H15N2O13P3S/c12-5-3-8(11-2-1-7(13)10-9(11)28)22-6(5)4-21-26(17,18)24-27(19,20)23-25(14,15)16/h1-2,5-6,8,12H,3-4H2,(H,17,18)(H,19,20)(H,10,13,28)(H2,14,15,16)/t5-,6-,8-/m1/s1. The Hall–Kier alpha value is -0.570. The molecule has 1 aliphatic rings. The van der Waals surface area contributed by atoms with Crippen molar-refractivity contribution in [3.8, 4) is 0 Å². The van der Waals surface area contributed by atoms with Crippen molar-refractivity contribution in [2.24, 2.45) is 0 Å². The maximum Gasteiger partial charge on any atom is 0.490 e. The second-order valence-corrected chi connectivity index (χ2v) is 10.1. The van der Waals surface area contributed by atoms with E-state index in [0.29, 0.717) is 0 Å². The van der Waals surface area contributed by atoms with Crippen molar-refractivity contribution >= 4 is 35.7 Å². The molecule has 5 atom stereocenters. The highest BCUT2D eigenvalue weighted by Gasteiger charge is 2.42. The molecule has 2 heterocycles. The highest BCUT2D eigenvalue weighted by atomic mass is 32.1. The van der Waals surface area contributed by atoms with Crippen LogP contribution in [0.1, 0.15) is 12.6 Å². The van der Waals surface area contributed by atoms with Gasteiger partial charge in [0.15, 0.2) is 4.77 Å². The molecule has 0 bridgehead atoms. The zero-order valence-corrected chi connectivity index (χ0v) is 17.0. The van der Waals surface area contributed by atoms with Crippen molar-refractivity contribution in [1.82, 2.24) is 9.55 Å². The summed E-state index contributed by atoms with van der Waals surface area (Å²) in [6.45, 7) is -0.808. The van der Waals surface area contributed by atoms with Crippen LogP contribution in [0.5, 0.6) is 0 Å². The van der Waals surface area contributed by atoms with Crippen LogP contribution >= 0.6 is 35.7 Å². The number of phosphoric acid groups is 3. The number of rotatable bonds is 8. The van der Waals surface area contributed by atoms with E-state index in [-0.39, 0.29) is 11.2 Å². The molecule has 28 heavy (non-hydrogen) atoms. The van der Waals surface area contributed by atoms with Gasteiger partial charge in [0.05, 0.1) is 12.7 Å². The SMILES string of the molecule is O=c1ccn([C@H]2C[C@@H](O)[C@@H](COP(=O)(O)OP(=O)(O)OP(=O)(O)O)O2)c(=S)[nH]1. The minimum atomic E-state index is -5.64. The molecule has 1 aromatic heterocycles. The third kappa shape index (κ3) is 7.04. The van der Waals surface area contributed by atoms with E-state index in [1.165, 1.54) is 10.8 Å². The normalized spacial score (nSPS) is 27.2. The van der Waals surface area contributed by atoms with Gasteiger partial charge in [0.1, 0.15) is 12.3 Å². The zero-order valence-electron chi connectivity index (χ0n) is 13.5. The van der Waals surface area contributed by atoms with E-state index in [0.717, 1.165) is 6.07 Å². The summed E-state index contributed by atoms with van der Waals surface area (Å²) in [6.07, 6.45) is -2.00.